The lowest BCUT2D eigenvalue weighted by Gasteiger charge is -2.27. The summed E-state index contributed by atoms with van der Waals surface area (Å²) >= 11 is 0. The highest BCUT2D eigenvalue weighted by Crippen LogP contribution is 2.28. The number of rotatable bonds is 4. The maximum absolute atomic E-state index is 12.6. The van der Waals surface area contributed by atoms with E-state index >= 15 is 0 Å². The van der Waals surface area contributed by atoms with Crippen molar-refractivity contribution in [3.63, 3.8) is 0 Å². The lowest BCUT2D eigenvalue weighted by Crippen LogP contribution is -2.49. The molecule has 4 heteroatoms. The third-order valence-corrected chi connectivity index (χ3v) is 4.53. The van der Waals surface area contributed by atoms with Crippen LogP contribution in [0.4, 0.5) is 0 Å². The molecule has 0 bridgehead atoms. The Balaban J connectivity index is 1.65. The lowest BCUT2D eigenvalue weighted by atomic mass is 9.86. The van der Waals surface area contributed by atoms with Gasteiger partial charge in [0.05, 0.1) is 12.0 Å². The quantitative estimate of drug-likeness (QED) is 0.857. The van der Waals surface area contributed by atoms with E-state index in [-0.39, 0.29) is 17.4 Å². The molecule has 1 fully saturated rings. The normalized spacial score (nSPS) is 25.6. The molecule has 2 N–H and O–H groups in total. The molecule has 1 unspecified atom stereocenters. The number of fused-ring (bicyclic) bond motifs is 1. The summed E-state index contributed by atoms with van der Waals surface area (Å²) in [5, 5.41) is 6.51. The first-order valence-electron chi connectivity index (χ1n) is 7.31. The summed E-state index contributed by atoms with van der Waals surface area (Å²) in [6, 6.07) is 8.67. The van der Waals surface area contributed by atoms with Crippen molar-refractivity contribution >= 4 is 5.91 Å². The predicted molar refractivity (Wildman–Crippen MR) is 77.6 cm³/mol. The first-order valence-corrected chi connectivity index (χ1v) is 7.31. The topological polar surface area (TPSA) is 50.4 Å². The second-order valence-corrected chi connectivity index (χ2v) is 5.99. The molecule has 4 nitrogen and oxygen atoms in total. The number of carbonyl (C=O) groups is 1. The highest BCUT2D eigenvalue weighted by molar-refractivity contribution is 5.84. The van der Waals surface area contributed by atoms with Gasteiger partial charge < -0.3 is 15.4 Å². The van der Waals surface area contributed by atoms with Crippen molar-refractivity contribution in [1.82, 2.24) is 10.6 Å². The molecule has 3 rings (SSSR count). The van der Waals surface area contributed by atoms with Gasteiger partial charge in [0, 0.05) is 19.7 Å². The van der Waals surface area contributed by atoms with E-state index < -0.39 is 0 Å². The molecule has 0 radical (unpaired) electrons. The Hall–Kier alpha value is -1.39. The maximum atomic E-state index is 12.6. The van der Waals surface area contributed by atoms with Crippen LogP contribution in [0.1, 0.15) is 17.5 Å². The van der Waals surface area contributed by atoms with Crippen molar-refractivity contribution in [2.75, 3.05) is 26.8 Å². The molecule has 1 amide bonds. The first kappa shape index (κ1) is 13.6. The molecule has 108 valence electrons. The van der Waals surface area contributed by atoms with E-state index in [2.05, 4.69) is 34.9 Å². The minimum Gasteiger partial charge on any atom is -0.384 e. The molecule has 1 aromatic rings. The van der Waals surface area contributed by atoms with Gasteiger partial charge >= 0.3 is 0 Å². The average Bonchev–Trinajstić information content (AvgIpc) is 3.05. The highest BCUT2D eigenvalue weighted by Gasteiger charge is 2.42. The summed E-state index contributed by atoms with van der Waals surface area (Å²) in [5.74, 6) is 0.141. The largest absolute Gasteiger partial charge is 0.384 e. The molecule has 0 aromatic heterocycles. The van der Waals surface area contributed by atoms with Gasteiger partial charge in [0.25, 0.3) is 0 Å². The van der Waals surface area contributed by atoms with Gasteiger partial charge in [-0.25, -0.2) is 0 Å². The monoisotopic (exact) mass is 274 g/mol. The molecule has 1 aliphatic heterocycles. The van der Waals surface area contributed by atoms with Gasteiger partial charge in [-0.15, -0.1) is 0 Å². The molecule has 1 atom stereocenters. The fourth-order valence-electron chi connectivity index (χ4n) is 3.40. The molecular weight excluding hydrogens is 252 g/mol. The summed E-state index contributed by atoms with van der Waals surface area (Å²) in [6.45, 7) is 2.10. The molecule has 1 aromatic carbocycles. The molecule has 0 spiro atoms. The number of carbonyl (C=O) groups excluding carboxylic acids is 1. The summed E-state index contributed by atoms with van der Waals surface area (Å²) in [6.07, 6.45) is 2.74. The van der Waals surface area contributed by atoms with Crippen molar-refractivity contribution in [1.29, 1.82) is 0 Å². The van der Waals surface area contributed by atoms with Crippen molar-refractivity contribution in [2.24, 2.45) is 5.41 Å². The van der Waals surface area contributed by atoms with E-state index in [0.29, 0.717) is 13.2 Å². The zero-order chi connectivity index (χ0) is 14.0. The Kier molecular flexibility index (Phi) is 3.76. The second-order valence-electron chi connectivity index (χ2n) is 5.99. The number of hydrogen-bond donors (Lipinski definition) is 2. The average molecular weight is 274 g/mol. The Morgan fingerprint density at radius 3 is 2.65 bits per heavy atom. The van der Waals surface area contributed by atoms with Crippen LogP contribution in [0.3, 0.4) is 0 Å². The summed E-state index contributed by atoms with van der Waals surface area (Å²) in [4.78, 5) is 12.6. The lowest BCUT2D eigenvalue weighted by molar-refractivity contribution is -0.133. The SMILES string of the molecule is COCC1(C(=O)NC2Cc3ccccc3C2)CCNC1. The Labute approximate surface area is 119 Å². The van der Waals surface area contributed by atoms with Crippen LogP contribution < -0.4 is 10.6 Å². The van der Waals surface area contributed by atoms with Gasteiger partial charge in [-0.1, -0.05) is 24.3 Å². The van der Waals surface area contributed by atoms with E-state index in [9.17, 15) is 4.79 Å². The van der Waals surface area contributed by atoms with Gasteiger partial charge in [-0.3, -0.25) is 4.79 Å². The van der Waals surface area contributed by atoms with Gasteiger partial charge in [0.15, 0.2) is 0 Å². The molecule has 0 saturated carbocycles. The summed E-state index contributed by atoms with van der Waals surface area (Å²) in [5.41, 5.74) is 2.34. The van der Waals surface area contributed by atoms with Gasteiger partial charge in [0.1, 0.15) is 0 Å². The molecule has 20 heavy (non-hydrogen) atoms. The predicted octanol–water partition coefficient (Wildman–Crippen LogP) is 0.896. The van der Waals surface area contributed by atoms with Crippen LogP contribution in [0.2, 0.25) is 0 Å². The molecule has 1 heterocycles. The fourth-order valence-corrected chi connectivity index (χ4v) is 3.40. The van der Waals surface area contributed by atoms with Crippen molar-refractivity contribution < 1.29 is 9.53 Å². The molecular formula is C16H22N2O2. The van der Waals surface area contributed by atoms with Crippen molar-refractivity contribution in [3.8, 4) is 0 Å². The van der Waals surface area contributed by atoms with Crippen LogP contribution in [0.25, 0.3) is 0 Å². The Morgan fingerprint density at radius 2 is 2.10 bits per heavy atom. The molecule has 1 saturated heterocycles. The maximum Gasteiger partial charge on any atom is 0.230 e. The summed E-state index contributed by atoms with van der Waals surface area (Å²) in [7, 11) is 1.67. The number of hydrogen-bond acceptors (Lipinski definition) is 3. The highest BCUT2D eigenvalue weighted by atomic mass is 16.5. The van der Waals surface area contributed by atoms with E-state index in [1.807, 2.05) is 0 Å². The zero-order valence-corrected chi connectivity index (χ0v) is 11.9. The standard InChI is InChI=1S/C16H22N2O2/c1-20-11-16(6-7-17-10-16)15(19)18-14-8-12-4-2-3-5-13(12)9-14/h2-5,14,17H,6-11H2,1H3,(H,18,19). The minimum absolute atomic E-state index is 0.141. The number of methoxy groups -OCH3 is 1. The number of nitrogens with one attached hydrogen (secondary N) is 2. The van der Waals surface area contributed by atoms with Crippen molar-refractivity contribution in [2.45, 2.75) is 25.3 Å². The van der Waals surface area contributed by atoms with E-state index in [4.69, 9.17) is 4.74 Å². The third-order valence-electron chi connectivity index (χ3n) is 4.53. The van der Waals surface area contributed by atoms with E-state index in [1.165, 1.54) is 11.1 Å². The van der Waals surface area contributed by atoms with Crippen LogP contribution in [0, 0.1) is 5.41 Å². The minimum atomic E-state index is -0.385. The number of benzene rings is 1. The Bertz CT molecular complexity index is 470. The summed E-state index contributed by atoms with van der Waals surface area (Å²) < 4.78 is 5.28. The van der Waals surface area contributed by atoms with Gasteiger partial charge in [0.2, 0.25) is 5.91 Å². The molecule has 1 aliphatic carbocycles. The Morgan fingerprint density at radius 1 is 1.40 bits per heavy atom. The fraction of sp³-hybridized carbons (Fsp3) is 0.562. The van der Waals surface area contributed by atoms with E-state index in [0.717, 1.165) is 25.8 Å². The van der Waals surface area contributed by atoms with Crippen molar-refractivity contribution in [3.05, 3.63) is 35.4 Å². The van der Waals surface area contributed by atoms with Crippen LogP contribution in [0.15, 0.2) is 24.3 Å². The van der Waals surface area contributed by atoms with Crippen LogP contribution in [-0.2, 0) is 22.4 Å². The van der Waals surface area contributed by atoms with Gasteiger partial charge in [-0.05, 0) is 36.9 Å². The molecule has 2 aliphatic rings. The number of ether oxygens (including phenoxy) is 1. The second kappa shape index (κ2) is 5.54. The zero-order valence-electron chi connectivity index (χ0n) is 11.9. The smallest absolute Gasteiger partial charge is 0.230 e. The van der Waals surface area contributed by atoms with Crippen LogP contribution in [-0.4, -0.2) is 38.8 Å². The van der Waals surface area contributed by atoms with Gasteiger partial charge in [-0.2, -0.15) is 0 Å². The number of amides is 1. The van der Waals surface area contributed by atoms with Crippen LogP contribution in [0.5, 0.6) is 0 Å². The third kappa shape index (κ3) is 2.45. The van der Waals surface area contributed by atoms with Crippen LogP contribution >= 0.6 is 0 Å². The van der Waals surface area contributed by atoms with E-state index in [1.54, 1.807) is 7.11 Å². The first-order chi connectivity index (χ1) is 9.73.